The summed E-state index contributed by atoms with van der Waals surface area (Å²) in [4.78, 5) is 18.6. The van der Waals surface area contributed by atoms with Crippen molar-refractivity contribution in [2.75, 3.05) is 0 Å². The van der Waals surface area contributed by atoms with Crippen LogP contribution in [0.2, 0.25) is 0 Å². The van der Waals surface area contributed by atoms with Crippen LogP contribution in [-0.2, 0) is 20.1 Å². The van der Waals surface area contributed by atoms with Gasteiger partial charge in [-0.05, 0) is 46.1 Å². The molecule has 0 amide bonds. The van der Waals surface area contributed by atoms with E-state index in [0.29, 0.717) is 0 Å². The Morgan fingerprint density at radius 3 is 2.24 bits per heavy atom. The van der Waals surface area contributed by atoms with E-state index in [1.54, 1.807) is 12.1 Å². The number of carbonyl (C=O) groups is 1. The number of hydrogen-bond acceptors (Lipinski definition) is 3. The van der Waals surface area contributed by atoms with Crippen molar-refractivity contribution < 1.29 is 30.0 Å². The first-order chi connectivity index (χ1) is 15.6. The summed E-state index contributed by atoms with van der Waals surface area (Å²) in [6, 6.07) is 31.2. The van der Waals surface area contributed by atoms with Crippen molar-refractivity contribution in [3.05, 3.63) is 107 Å². The zero-order chi connectivity index (χ0) is 22.1. The van der Waals surface area contributed by atoms with Gasteiger partial charge in [0.1, 0.15) is 5.69 Å². The van der Waals surface area contributed by atoms with Crippen LogP contribution in [0.25, 0.3) is 44.4 Å². The average Bonchev–Trinajstić information content (AvgIpc) is 3.15. The fourth-order valence-corrected chi connectivity index (χ4v) is 4.25. The molecule has 3 aromatic carbocycles. The zero-order valence-corrected chi connectivity index (χ0v) is 21.1. The maximum absolute atomic E-state index is 10.1. The van der Waals surface area contributed by atoms with Crippen molar-refractivity contribution in [2.45, 2.75) is 0 Å². The molecule has 163 valence electrons. The maximum Gasteiger partial charge on any atom is 0.354 e. The molecule has 0 aliphatic heterocycles. The third-order valence-corrected chi connectivity index (χ3v) is 5.76. The topological polar surface area (TPSA) is 63.1 Å². The van der Waals surface area contributed by atoms with Crippen LogP contribution in [0.1, 0.15) is 10.5 Å². The fraction of sp³-hybridized carbons (Fsp3) is 0. The summed E-state index contributed by atoms with van der Waals surface area (Å²) in [5.74, 6) is -0.990. The number of fused-ring (bicyclic) bond motifs is 3. The Kier molecular flexibility index (Phi) is 6.80. The van der Waals surface area contributed by atoms with Gasteiger partial charge in [0.05, 0.1) is 5.52 Å². The second-order valence-corrected chi connectivity index (χ2v) is 8.16. The van der Waals surface area contributed by atoms with Gasteiger partial charge in [-0.15, -0.1) is 29.8 Å². The first kappa shape index (κ1) is 23.0. The molecular weight excluding hydrogens is 656 g/mol. The van der Waals surface area contributed by atoms with Gasteiger partial charge in [0, 0.05) is 31.7 Å². The predicted molar refractivity (Wildman–Crippen MR) is 129 cm³/mol. The van der Waals surface area contributed by atoms with Crippen LogP contribution in [-0.4, -0.2) is 21.0 Å². The van der Waals surface area contributed by atoms with E-state index in [1.807, 2.05) is 12.1 Å². The quantitative estimate of drug-likeness (QED) is 0.204. The number of carboxylic acid groups (broad SMARTS) is 1. The SMILES string of the molecule is Brc1cc[c-]c(-c2cc3c4c(cccc4n2)-c2ccccc2-3)c1.O=C(O)c1ccccn1.[Ir]. The van der Waals surface area contributed by atoms with Gasteiger partial charge in [0.15, 0.2) is 0 Å². The second-order valence-electron chi connectivity index (χ2n) is 7.24. The van der Waals surface area contributed by atoms with E-state index in [-0.39, 0.29) is 25.8 Å². The van der Waals surface area contributed by atoms with Gasteiger partial charge < -0.3 is 5.11 Å². The Bertz CT molecular complexity index is 1470. The molecule has 2 aromatic heterocycles. The number of nitrogens with zero attached hydrogens (tertiary/aromatic N) is 2. The van der Waals surface area contributed by atoms with Crippen LogP contribution in [0.3, 0.4) is 0 Å². The summed E-state index contributed by atoms with van der Waals surface area (Å²) in [6.45, 7) is 0. The first-order valence-electron chi connectivity index (χ1n) is 9.97. The molecule has 0 atom stereocenters. The summed E-state index contributed by atoms with van der Waals surface area (Å²) in [5.41, 5.74) is 8.23. The molecule has 1 aliphatic carbocycles. The average molecular weight is 673 g/mol. The van der Waals surface area contributed by atoms with E-state index in [1.165, 1.54) is 39.9 Å². The summed E-state index contributed by atoms with van der Waals surface area (Å²) in [6.07, 6.45) is 1.45. The summed E-state index contributed by atoms with van der Waals surface area (Å²) >= 11 is 3.53. The van der Waals surface area contributed by atoms with E-state index in [2.05, 4.69) is 81.6 Å². The summed E-state index contributed by atoms with van der Waals surface area (Å²) < 4.78 is 1.04. The Hall–Kier alpha value is -3.18. The predicted octanol–water partition coefficient (Wildman–Crippen LogP) is 6.89. The van der Waals surface area contributed by atoms with Crippen molar-refractivity contribution in [2.24, 2.45) is 0 Å². The maximum atomic E-state index is 10.1. The molecule has 33 heavy (non-hydrogen) atoms. The number of carboxylic acids is 1. The van der Waals surface area contributed by atoms with Crippen molar-refractivity contribution in [1.82, 2.24) is 9.97 Å². The number of aromatic carboxylic acids is 1. The standard InChI is InChI=1S/C21H11BrN.C6H5NO2.Ir/c22-14-6-3-5-13(11-14)20-12-18-16-8-2-1-7-15(16)17-9-4-10-19(23-20)21(17)18;8-6(9)5-3-1-2-4-7-5;/h1-4,6-12H;1-4H,(H,8,9);/q-1;;. The van der Waals surface area contributed by atoms with Gasteiger partial charge in [-0.3, -0.25) is 4.98 Å². The molecule has 0 saturated heterocycles. The van der Waals surface area contributed by atoms with Gasteiger partial charge in [-0.1, -0.05) is 68.9 Å². The molecule has 6 heteroatoms. The number of halogens is 1. The van der Waals surface area contributed by atoms with Gasteiger partial charge in [0.2, 0.25) is 0 Å². The van der Waals surface area contributed by atoms with Crippen LogP contribution in [0.5, 0.6) is 0 Å². The molecule has 1 aliphatic rings. The van der Waals surface area contributed by atoms with Crippen LogP contribution in [0, 0.1) is 6.07 Å². The van der Waals surface area contributed by atoms with E-state index < -0.39 is 5.97 Å². The van der Waals surface area contributed by atoms with Crippen LogP contribution >= 0.6 is 15.9 Å². The summed E-state index contributed by atoms with van der Waals surface area (Å²) in [5, 5.41) is 9.58. The molecule has 1 N–H and O–H groups in total. The fourth-order valence-electron chi connectivity index (χ4n) is 3.89. The van der Waals surface area contributed by atoms with Crippen LogP contribution < -0.4 is 0 Å². The monoisotopic (exact) mass is 672 g/mol. The normalized spacial score (nSPS) is 10.6. The molecule has 5 aromatic rings. The number of aromatic nitrogens is 2. The number of pyridine rings is 2. The molecule has 2 heterocycles. The number of benzene rings is 3. The molecule has 0 spiro atoms. The second kappa shape index (κ2) is 9.75. The van der Waals surface area contributed by atoms with Crippen molar-refractivity contribution in [3.8, 4) is 33.5 Å². The molecular formula is C27H16BrIrN2O2-. The molecule has 0 fully saturated rings. The largest absolute Gasteiger partial charge is 0.477 e. The molecule has 0 unspecified atom stereocenters. The number of rotatable bonds is 2. The summed E-state index contributed by atoms with van der Waals surface area (Å²) in [7, 11) is 0. The van der Waals surface area contributed by atoms with Gasteiger partial charge in [-0.25, -0.2) is 9.78 Å². The first-order valence-corrected chi connectivity index (χ1v) is 10.8. The van der Waals surface area contributed by atoms with Crippen molar-refractivity contribution in [3.63, 3.8) is 0 Å². The smallest absolute Gasteiger partial charge is 0.354 e. The molecule has 6 rings (SSSR count). The Labute approximate surface area is 212 Å². The van der Waals surface area contributed by atoms with E-state index >= 15 is 0 Å². The van der Waals surface area contributed by atoms with Gasteiger partial charge >= 0.3 is 5.97 Å². The molecule has 0 bridgehead atoms. The van der Waals surface area contributed by atoms with Crippen molar-refractivity contribution in [1.29, 1.82) is 0 Å². The molecule has 1 radical (unpaired) electrons. The van der Waals surface area contributed by atoms with Gasteiger partial charge in [0.25, 0.3) is 0 Å². The minimum absolute atomic E-state index is 0. The Balaban J connectivity index is 0.000000221. The third-order valence-electron chi connectivity index (χ3n) is 5.26. The third kappa shape index (κ3) is 4.51. The number of hydrogen-bond donors (Lipinski definition) is 1. The van der Waals surface area contributed by atoms with E-state index in [4.69, 9.17) is 10.1 Å². The molecule has 0 saturated carbocycles. The Morgan fingerprint density at radius 1 is 0.848 bits per heavy atom. The van der Waals surface area contributed by atoms with E-state index in [0.717, 1.165) is 21.2 Å². The zero-order valence-electron chi connectivity index (χ0n) is 17.1. The minimum atomic E-state index is -0.990. The van der Waals surface area contributed by atoms with Gasteiger partial charge in [-0.2, -0.15) is 0 Å². The van der Waals surface area contributed by atoms with Crippen LogP contribution in [0.4, 0.5) is 0 Å². The van der Waals surface area contributed by atoms with Crippen molar-refractivity contribution >= 4 is 32.8 Å². The Morgan fingerprint density at radius 2 is 1.58 bits per heavy atom. The van der Waals surface area contributed by atoms with E-state index in [9.17, 15) is 4.79 Å². The van der Waals surface area contributed by atoms with Crippen LogP contribution in [0.15, 0.2) is 95.6 Å². The minimum Gasteiger partial charge on any atom is -0.477 e. The molecule has 4 nitrogen and oxygen atoms in total.